The molecule has 0 bridgehead atoms. The van der Waals surface area contributed by atoms with Gasteiger partial charge in [-0.1, -0.05) is 20.8 Å². The van der Waals surface area contributed by atoms with Gasteiger partial charge in [-0.25, -0.2) is 4.98 Å². The lowest BCUT2D eigenvalue weighted by molar-refractivity contribution is 0.543. The number of aryl methyl sites for hydroxylation is 1. The first kappa shape index (κ1) is 13.0. The second-order valence-corrected chi connectivity index (χ2v) is 6.49. The number of nitrogens with zero attached hydrogens (tertiary/aromatic N) is 1. The molecule has 96 valence electrons. The predicted octanol–water partition coefficient (Wildman–Crippen LogP) is 3.41. The van der Waals surface area contributed by atoms with Crippen LogP contribution in [0.15, 0.2) is 16.2 Å². The maximum absolute atomic E-state index is 12.0. The summed E-state index contributed by atoms with van der Waals surface area (Å²) >= 11 is 1.63. The molecule has 0 aliphatic carbocycles. The van der Waals surface area contributed by atoms with E-state index in [1.54, 1.807) is 11.3 Å². The zero-order chi connectivity index (χ0) is 13.5. The Hall–Kier alpha value is -1.42. The Morgan fingerprint density at radius 3 is 2.44 bits per heavy atom. The molecule has 0 unspecified atom stereocenters. The van der Waals surface area contributed by atoms with Gasteiger partial charge in [0.1, 0.15) is 5.82 Å². The lowest BCUT2D eigenvalue weighted by Gasteiger charge is -2.18. The van der Waals surface area contributed by atoms with Crippen molar-refractivity contribution in [2.24, 2.45) is 0 Å². The fourth-order valence-electron chi connectivity index (χ4n) is 1.72. The van der Waals surface area contributed by atoms with Crippen molar-refractivity contribution in [1.82, 2.24) is 9.97 Å². The van der Waals surface area contributed by atoms with E-state index in [2.05, 4.69) is 16.0 Å². The van der Waals surface area contributed by atoms with Gasteiger partial charge in [0.25, 0.3) is 5.56 Å². The number of aromatic nitrogens is 2. The lowest BCUT2D eigenvalue weighted by Crippen LogP contribution is -2.24. The van der Waals surface area contributed by atoms with Crippen molar-refractivity contribution in [3.8, 4) is 10.6 Å². The molecule has 1 N–H and O–H groups in total. The van der Waals surface area contributed by atoms with E-state index in [-0.39, 0.29) is 11.0 Å². The normalized spacial score (nSPS) is 11.8. The molecule has 0 atom stereocenters. The number of hydrogen-bond donors (Lipinski definition) is 1. The molecule has 0 aliphatic rings. The molecular formula is C14H18N2OS. The van der Waals surface area contributed by atoms with Crippen LogP contribution in [-0.2, 0) is 5.41 Å². The second-order valence-electron chi connectivity index (χ2n) is 5.57. The highest BCUT2D eigenvalue weighted by molar-refractivity contribution is 7.13. The van der Waals surface area contributed by atoms with Crippen molar-refractivity contribution in [1.29, 1.82) is 0 Å². The highest BCUT2D eigenvalue weighted by atomic mass is 32.1. The molecule has 0 spiro atoms. The third kappa shape index (κ3) is 2.25. The molecule has 2 aromatic heterocycles. The number of aromatic amines is 1. The van der Waals surface area contributed by atoms with Gasteiger partial charge < -0.3 is 4.98 Å². The van der Waals surface area contributed by atoms with Crippen molar-refractivity contribution in [2.45, 2.75) is 40.0 Å². The molecule has 0 fully saturated rings. The topological polar surface area (TPSA) is 45.8 Å². The van der Waals surface area contributed by atoms with Gasteiger partial charge >= 0.3 is 0 Å². The quantitative estimate of drug-likeness (QED) is 0.856. The smallest absolute Gasteiger partial charge is 0.254 e. The highest BCUT2D eigenvalue weighted by Gasteiger charge is 2.20. The number of hydrogen-bond acceptors (Lipinski definition) is 3. The molecule has 2 rings (SSSR count). The van der Waals surface area contributed by atoms with Crippen LogP contribution in [0.2, 0.25) is 0 Å². The van der Waals surface area contributed by atoms with E-state index >= 15 is 0 Å². The molecule has 3 nitrogen and oxygen atoms in total. The first-order valence-corrected chi connectivity index (χ1v) is 6.84. The van der Waals surface area contributed by atoms with Crippen molar-refractivity contribution in [3.63, 3.8) is 0 Å². The number of nitrogens with one attached hydrogen (secondary N) is 1. The van der Waals surface area contributed by atoms with E-state index in [9.17, 15) is 4.79 Å². The minimum absolute atomic E-state index is 0.0438. The van der Waals surface area contributed by atoms with Crippen LogP contribution in [0.3, 0.4) is 0 Å². The molecular weight excluding hydrogens is 244 g/mol. The predicted molar refractivity (Wildman–Crippen MR) is 76.3 cm³/mol. The summed E-state index contributed by atoms with van der Waals surface area (Å²) in [6.45, 7) is 10.0. The molecule has 2 heterocycles. The molecule has 0 aliphatic heterocycles. The fourth-order valence-corrected chi connectivity index (χ4v) is 2.70. The summed E-state index contributed by atoms with van der Waals surface area (Å²) < 4.78 is 0. The van der Waals surface area contributed by atoms with Gasteiger partial charge in [0.05, 0.1) is 10.6 Å². The first-order chi connectivity index (χ1) is 8.30. The Kier molecular flexibility index (Phi) is 3.15. The van der Waals surface area contributed by atoms with Gasteiger partial charge in [-0.3, -0.25) is 4.79 Å². The fraction of sp³-hybridized carbons (Fsp3) is 0.429. The summed E-state index contributed by atoms with van der Waals surface area (Å²) in [5.74, 6) is 0.737. The van der Waals surface area contributed by atoms with Crippen molar-refractivity contribution in [3.05, 3.63) is 38.8 Å². The molecule has 4 heteroatoms. The average Bonchev–Trinajstić information content (AvgIpc) is 2.67. The van der Waals surface area contributed by atoms with Crippen LogP contribution in [0.25, 0.3) is 10.6 Å². The van der Waals surface area contributed by atoms with E-state index in [1.807, 2.05) is 40.0 Å². The number of thiophene rings is 1. The standard InChI is InChI=1S/C14H18N2OS/c1-8-6-7-18-11(8)10-9(2)12(17)16-13(15-10)14(3,4)5/h6-7H,1-5H3,(H,15,16,17). The van der Waals surface area contributed by atoms with E-state index in [4.69, 9.17) is 0 Å². The van der Waals surface area contributed by atoms with Crippen LogP contribution in [0.5, 0.6) is 0 Å². The Labute approximate surface area is 111 Å². The molecule has 0 aromatic carbocycles. The van der Waals surface area contributed by atoms with Crippen molar-refractivity contribution < 1.29 is 0 Å². The maximum atomic E-state index is 12.0. The summed E-state index contributed by atoms with van der Waals surface area (Å²) in [6, 6.07) is 2.05. The van der Waals surface area contributed by atoms with E-state index in [0.29, 0.717) is 5.56 Å². The average molecular weight is 262 g/mol. The van der Waals surface area contributed by atoms with Gasteiger partial charge in [0.15, 0.2) is 0 Å². The molecule has 0 saturated heterocycles. The Balaban J connectivity index is 2.72. The summed E-state index contributed by atoms with van der Waals surface area (Å²) in [5, 5.41) is 2.03. The van der Waals surface area contributed by atoms with Crippen molar-refractivity contribution >= 4 is 11.3 Å². The SMILES string of the molecule is Cc1ccsc1-c1nc(C(C)(C)C)[nH]c(=O)c1C. The van der Waals surface area contributed by atoms with Crippen molar-refractivity contribution in [2.75, 3.05) is 0 Å². The minimum atomic E-state index is -0.160. The first-order valence-electron chi connectivity index (χ1n) is 5.96. The van der Waals surface area contributed by atoms with E-state index in [0.717, 1.165) is 16.4 Å². The molecule has 0 amide bonds. The molecule has 0 saturated carbocycles. The van der Waals surface area contributed by atoms with Crippen LogP contribution in [0, 0.1) is 13.8 Å². The van der Waals surface area contributed by atoms with Crippen LogP contribution < -0.4 is 5.56 Å². The van der Waals surface area contributed by atoms with Gasteiger partial charge in [-0.05, 0) is 30.9 Å². The summed E-state index contributed by atoms with van der Waals surface area (Å²) in [6.07, 6.45) is 0. The summed E-state index contributed by atoms with van der Waals surface area (Å²) in [5.41, 5.74) is 2.47. The Morgan fingerprint density at radius 1 is 1.28 bits per heavy atom. The Bertz CT molecular complexity index is 632. The molecule has 2 aromatic rings. The van der Waals surface area contributed by atoms with Crippen LogP contribution in [0.4, 0.5) is 0 Å². The van der Waals surface area contributed by atoms with Gasteiger partial charge in [-0.2, -0.15) is 0 Å². The largest absolute Gasteiger partial charge is 0.310 e. The number of rotatable bonds is 1. The zero-order valence-electron chi connectivity index (χ0n) is 11.4. The van der Waals surface area contributed by atoms with E-state index in [1.165, 1.54) is 5.56 Å². The summed E-state index contributed by atoms with van der Waals surface area (Å²) in [7, 11) is 0. The Morgan fingerprint density at radius 2 is 1.94 bits per heavy atom. The van der Waals surface area contributed by atoms with Crippen LogP contribution >= 0.6 is 11.3 Å². The highest BCUT2D eigenvalue weighted by Crippen LogP contribution is 2.30. The van der Waals surface area contributed by atoms with Gasteiger partial charge in [-0.15, -0.1) is 11.3 Å². The van der Waals surface area contributed by atoms with Crippen LogP contribution in [0.1, 0.15) is 37.7 Å². The molecule has 0 radical (unpaired) electrons. The zero-order valence-corrected chi connectivity index (χ0v) is 12.2. The summed E-state index contributed by atoms with van der Waals surface area (Å²) in [4.78, 5) is 20.6. The van der Waals surface area contributed by atoms with Gasteiger partial charge in [0.2, 0.25) is 0 Å². The maximum Gasteiger partial charge on any atom is 0.254 e. The molecule has 18 heavy (non-hydrogen) atoms. The van der Waals surface area contributed by atoms with Gasteiger partial charge in [0, 0.05) is 11.0 Å². The third-order valence-electron chi connectivity index (χ3n) is 2.94. The minimum Gasteiger partial charge on any atom is -0.310 e. The van der Waals surface area contributed by atoms with E-state index < -0.39 is 0 Å². The monoisotopic (exact) mass is 262 g/mol. The second kappa shape index (κ2) is 4.35. The van der Waals surface area contributed by atoms with Crippen LogP contribution in [-0.4, -0.2) is 9.97 Å². The lowest BCUT2D eigenvalue weighted by atomic mass is 9.95. The number of H-pyrrole nitrogens is 1. The third-order valence-corrected chi connectivity index (χ3v) is 3.96.